The van der Waals surface area contributed by atoms with Crippen LogP contribution in [0.15, 0.2) is 15.9 Å². The van der Waals surface area contributed by atoms with Gasteiger partial charge in [0.2, 0.25) is 0 Å². The Labute approximate surface area is 130 Å². The van der Waals surface area contributed by atoms with Crippen LogP contribution < -0.4 is 5.32 Å². The largest absolute Gasteiger partial charge is 0.481 e. The average Bonchev–Trinajstić information content (AvgIpc) is 3.02. The van der Waals surface area contributed by atoms with Crippen LogP contribution >= 0.6 is 27.3 Å². The number of amides is 2. The number of carbonyl (C=O) groups is 2. The molecule has 2 N–H and O–H groups in total. The van der Waals surface area contributed by atoms with E-state index in [0.29, 0.717) is 32.0 Å². The lowest BCUT2D eigenvalue weighted by atomic mass is 10.0. The highest BCUT2D eigenvalue weighted by Gasteiger charge is 2.26. The van der Waals surface area contributed by atoms with E-state index in [-0.39, 0.29) is 12.5 Å². The summed E-state index contributed by atoms with van der Waals surface area (Å²) in [6.45, 7) is 1.89. The SMILES string of the molecule is O=C(O)CCC1CCN(C(=O)NCc2sccc2Br)C1. The molecule has 0 bridgehead atoms. The topological polar surface area (TPSA) is 69.6 Å². The summed E-state index contributed by atoms with van der Waals surface area (Å²) in [5.41, 5.74) is 0. The maximum Gasteiger partial charge on any atom is 0.317 e. The number of nitrogens with one attached hydrogen (secondary N) is 1. The Morgan fingerprint density at radius 2 is 2.35 bits per heavy atom. The van der Waals surface area contributed by atoms with E-state index in [1.807, 2.05) is 11.4 Å². The number of halogens is 1. The van der Waals surface area contributed by atoms with Crippen molar-refractivity contribution in [3.05, 3.63) is 20.8 Å². The number of carboxylic acid groups (broad SMARTS) is 1. The van der Waals surface area contributed by atoms with Gasteiger partial charge in [-0.1, -0.05) is 0 Å². The lowest BCUT2D eigenvalue weighted by molar-refractivity contribution is -0.137. The maximum atomic E-state index is 12.0. The number of aliphatic carboxylic acids is 1. The number of nitrogens with zero attached hydrogens (tertiary/aromatic N) is 1. The van der Waals surface area contributed by atoms with E-state index in [2.05, 4.69) is 21.2 Å². The Hall–Kier alpha value is -1.08. The van der Waals surface area contributed by atoms with Crippen LogP contribution in [0.1, 0.15) is 24.1 Å². The zero-order valence-corrected chi connectivity index (χ0v) is 13.4. The van der Waals surface area contributed by atoms with Crippen molar-refractivity contribution < 1.29 is 14.7 Å². The van der Waals surface area contributed by atoms with Crippen LogP contribution in [0.25, 0.3) is 0 Å². The summed E-state index contributed by atoms with van der Waals surface area (Å²) in [4.78, 5) is 25.4. The van der Waals surface area contributed by atoms with Gasteiger partial charge in [0.05, 0.1) is 6.54 Å². The third kappa shape index (κ3) is 4.21. The Kier molecular flexibility index (Phi) is 5.42. The summed E-state index contributed by atoms with van der Waals surface area (Å²) >= 11 is 5.03. The third-order valence-electron chi connectivity index (χ3n) is 3.43. The standard InChI is InChI=1S/C13H17BrN2O3S/c14-10-4-6-20-11(10)7-15-13(19)16-5-3-9(8-16)1-2-12(17)18/h4,6,9H,1-3,5,7-8H2,(H,15,19)(H,17,18). The second-order valence-corrected chi connectivity index (χ2v) is 6.74. The molecule has 1 unspecified atom stereocenters. The van der Waals surface area contributed by atoms with Crippen molar-refractivity contribution in [2.75, 3.05) is 13.1 Å². The minimum Gasteiger partial charge on any atom is -0.481 e. The summed E-state index contributed by atoms with van der Waals surface area (Å²) in [7, 11) is 0. The predicted octanol–water partition coefficient (Wildman–Crippen LogP) is 2.91. The van der Waals surface area contributed by atoms with Gasteiger partial charge in [0.15, 0.2) is 0 Å². The summed E-state index contributed by atoms with van der Waals surface area (Å²) < 4.78 is 1.02. The van der Waals surface area contributed by atoms with Crippen molar-refractivity contribution in [2.45, 2.75) is 25.8 Å². The molecule has 0 radical (unpaired) electrons. The first-order chi connectivity index (χ1) is 9.56. The number of likely N-dealkylation sites (tertiary alicyclic amines) is 1. The molecule has 1 saturated heterocycles. The van der Waals surface area contributed by atoms with E-state index >= 15 is 0 Å². The zero-order valence-electron chi connectivity index (χ0n) is 11.0. The molecule has 5 nitrogen and oxygen atoms in total. The van der Waals surface area contributed by atoms with Crippen LogP contribution in [0.5, 0.6) is 0 Å². The van der Waals surface area contributed by atoms with Crippen LogP contribution in [-0.2, 0) is 11.3 Å². The van der Waals surface area contributed by atoms with Gasteiger partial charge < -0.3 is 15.3 Å². The van der Waals surface area contributed by atoms with Gasteiger partial charge in [-0.25, -0.2) is 4.79 Å². The lowest BCUT2D eigenvalue weighted by Crippen LogP contribution is -2.38. The van der Waals surface area contributed by atoms with Gasteiger partial charge in [-0.3, -0.25) is 4.79 Å². The molecule has 1 aliphatic rings. The van der Waals surface area contributed by atoms with Crippen LogP contribution in [-0.4, -0.2) is 35.1 Å². The summed E-state index contributed by atoms with van der Waals surface area (Å²) in [6, 6.07) is 1.90. The quantitative estimate of drug-likeness (QED) is 0.847. The molecule has 20 heavy (non-hydrogen) atoms. The van der Waals surface area contributed by atoms with Crippen LogP contribution in [0.4, 0.5) is 4.79 Å². The molecular formula is C13H17BrN2O3S. The van der Waals surface area contributed by atoms with E-state index in [1.54, 1.807) is 16.2 Å². The van der Waals surface area contributed by atoms with Gasteiger partial charge in [-0.2, -0.15) is 0 Å². The Balaban J connectivity index is 1.74. The van der Waals surface area contributed by atoms with Crippen LogP contribution in [0.2, 0.25) is 0 Å². The molecule has 0 spiro atoms. The molecular weight excluding hydrogens is 344 g/mol. The molecule has 1 aromatic rings. The van der Waals surface area contributed by atoms with E-state index in [0.717, 1.165) is 15.8 Å². The predicted molar refractivity (Wildman–Crippen MR) is 80.8 cm³/mol. The molecule has 2 rings (SSSR count). The van der Waals surface area contributed by atoms with Gasteiger partial charge in [0.1, 0.15) is 0 Å². The molecule has 7 heteroatoms. The number of urea groups is 1. The Morgan fingerprint density at radius 1 is 1.55 bits per heavy atom. The number of hydrogen-bond acceptors (Lipinski definition) is 3. The summed E-state index contributed by atoms with van der Waals surface area (Å²) in [5.74, 6) is -0.458. The number of carboxylic acids is 1. The zero-order chi connectivity index (χ0) is 14.5. The third-order valence-corrected chi connectivity index (χ3v) is 5.36. The normalized spacial score (nSPS) is 18.2. The van der Waals surface area contributed by atoms with Gasteiger partial charge in [-0.05, 0) is 46.1 Å². The number of hydrogen-bond donors (Lipinski definition) is 2. The Bertz CT molecular complexity index is 492. The molecule has 1 fully saturated rings. The van der Waals surface area contributed by atoms with E-state index < -0.39 is 5.97 Å². The van der Waals surface area contributed by atoms with Gasteiger partial charge in [0.25, 0.3) is 0 Å². The van der Waals surface area contributed by atoms with Crippen molar-refractivity contribution in [3.8, 4) is 0 Å². The number of carbonyl (C=O) groups excluding carboxylic acids is 1. The molecule has 2 amide bonds. The fourth-order valence-electron chi connectivity index (χ4n) is 2.30. The minimum absolute atomic E-state index is 0.0666. The molecule has 0 aliphatic carbocycles. The first-order valence-corrected chi connectivity index (χ1v) is 8.20. The first-order valence-electron chi connectivity index (χ1n) is 6.52. The lowest BCUT2D eigenvalue weighted by Gasteiger charge is -2.17. The summed E-state index contributed by atoms with van der Waals surface area (Å²) in [6.07, 6.45) is 1.72. The molecule has 2 heterocycles. The van der Waals surface area contributed by atoms with E-state index in [4.69, 9.17) is 5.11 Å². The second kappa shape index (κ2) is 7.08. The Morgan fingerprint density at radius 3 is 3.00 bits per heavy atom. The highest BCUT2D eigenvalue weighted by atomic mass is 79.9. The molecule has 1 aromatic heterocycles. The molecule has 0 saturated carbocycles. The minimum atomic E-state index is -0.768. The molecule has 1 atom stereocenters. The highest BCUT2D eigenvalue weighted by Crippen LogP contribution is 2.23. The molecule has 1 aliphatic heterocycles. The van der Waals surface area contributed by atoms with E-state index in [9.17, 15) is 9.59 Å². The van der Waals surface area contributed by atoms with E-state index in [1.165, 1.54) is 0 Å². The maximum absolute atomic E-state index is 12.0. The molecule has 110 valence electrons. The average molecular weight is 361 g/mol. The van der Waals surface area contributed by atoms with Gasteiger partial charge in [-0.15, -0.1) is 11.3 Å². The fourth-order valence-corrected chi connectivity index (χ4v) is 3.73. The number of thiophene rings is 1. The fraction of sp³-hybridized carbons (Fsp3) is 0.538. The first kappa shape index (κ1) is 15.3. The van der Waals surface area contributed by atoms with Crippen LogP contribution in [0, 0.1) is 5.92 Å². The smallest absolute Gasteiger partial charge is 0.317 e. The monoisotopic (exact) mass is 360 g/mol. The summed E-state index contributed by atoms with van der Waals surface area (Å²) in [5, 5.41) is 13.5. The van der Waals surface area contributed by atoms with Gasteiger partial charge in [0, 0.05) is 28.9 Å². The van der Waals surface area contributed by atoms with Crippen molar-refractivity contribution in [2.24, 2.45) is 5.92 Å². The highest BCUT2D eigenvalue weighted by molar-refractivity contribution is 9.10. The van der Waals surface area contributed by atoms with Crippen molar-refractivity contribution in [1.82, 2.24) is 10.2 Å². The molecule has 0 aromatic carbocycles. The number of rotatable bonds is 5. The van der Waals surface area contributed by atoms with Gasteiger partial charge >= 0.3 is 12.0 Å². The van der Waals surface area contributed by atoms with Crippen molar-refractivity contribution in [3.63, 3.8) is 0 Å². The van der Waals surface area contributed by atoms with Crippen molar-refractivity contribution in [1.29, 1.82) is 0 Å². The second-order valence-electron chi connectivity index (χ2n) is 4.88. The van der Waals surface area contributed by atoms with Crippen molar-refractivity contribution >= 4 is 39.3 Å². The van der Waals surface area contributed by atoms with Crippen LogP contribution in [0.3, 0.4) is 0 Å².